The van der Waals surface area contributed by atoms with E-state index in [0.29, 0.717) is 12.5 Å². The number of rotatable bonds is 5. The van der Waals surface area contributed by atoms with Crippen molar-refractivity contribution in [3.63, 3.8) is 0 Å². The Balaban J connectivity index is 1.87. The van der Waals surface area contributed by atoms with Crippen molar-refractivity contribution in [3.05, 3.63) is 0 Å². The van der Waals surface area contributed by atoms with E-state index in [0.717, 1.165) is 38.3 Å². The van der Waals surface area contributed by atoms with Gasteiger partial charge in [-0.2, -0.15) is 0 Å². The number of aldehydes is 1. The lowest BCUT2D eigenvalue weighted by molar-refractivity contribution is -0.115. The molecule has 5 nitrogen and oxygen atoms in total. The van der Waals surface area contributed by atoms with Crippen molar-refractivity contribution in [1.82, 2.24) is 0 Å². The molecule has 1 aliphatic carbocycles. The molecule has 0 amide bonds. The second-order valence-electron chi connectivity index (χ2n) is 8.07. The SMILES string of the molecule is CC1(C)OB(CC[C@@H]2CC[C@@H](CN)[C@@](N)(C=O)C2)OC1(C)C. The molecule has 0 unspecified atom stereocenters. The normalized spacial score (nSPS) is 37.3. The lowest BCUT2D eigenvalue weighted by Crippen LogP contribution is -2.55. The molecule has 0 radical (unpaired) electrons. The average molecular weight is 310 g/mol. The third-order valence-corrected chi connectivity index (χ3v) is 5.94. The molecule has 2 rings (SSSR count). The van der Waals surface area contributed by atoms with Crippen LogP contribution in [-0.2, 0) is 14.1 Å². The summed E-state index contributed by atoms with van der Waals surface area (Å²) in [6.07, 6.45) is 5.46. The van der Waals surface area contributed by atoms with Gasteiger partial charge >= 0.3 is 7.12 Å². The molecular weight excluding hydrogens is 279 g/mol. The van der Waals surface area contributed by atoms with E-state index in [1.54, 1.807) is 0 Å². The first kappa shape index (κ1) is 17.9. The first-order chi connectivity index (χ1) is 10.1. The standard InChI is InChI=1S/C16H31BN2O3/c1-14(2)15(3,4)22-17(21-14)8-7-12-5-6-13(10-18)16(19,9-12)11-20/h11-13H,5-10,18-19H2,1-4H3/t12-,13-,16-/m0/s1. The summed E-state index contributed by atoms with van der Waals surface area (Å²) in [5.74, 6) is 0.551. The minimum absolute atomic E-state index is 0.109. The van der Waals surface area contributed by atoms with Crippen LogP contribution in [0.3, 0.4) is 0 Å². The van der Waals surface area contributed by atoms with Crippen LogP contribution in [0.1, 0.15) is 53.4 Å². The van der Waals surface area contributed by atoms with Gasteiger partial charge in [-0.3, -0.25) is 0 Å². The molecule has 22 heavy (non-hydrogen) atoms. The molecule has 0 bridgehead atoms. The molecule has 2 fully saturated rings. The van der Waals surface area contributed by atoms with Crippen LogP contribution in [0.2, 0.25) is 6.32 Å². The highest BCUT2D eigenvalue weighted by Crippen LogP contribution is 2.40. The van der Waals surface area contributed by atoms with E-state index >= 15 is 0 Å². The van der Waals surface area contributed by atoms with Crippen molar-refractivity contribution in [1.29, 1.82) is 0 Å². The zero-order chi connectivity index (χ0) is 16.6. The van der Waals surface area contributed by atoms with Crippen molar-refractivity contribution < 1.29 is 14.1 Å². The van der Waals surface area contributed by atoms with Gasteiger partial charge in [-0.15, -0.1) is 0 Å². The Morgan fingerprint density at radius 3 is 2.27 bits per heavy atom. The van der Waals surface area contributed by atoms with Gasteiger partial charge in [0.2, 0.25) is 0 Å². The maximum absolute atomic E-state index is 11.4. The van der Waals surface area contributed by atoms with Crippen molar-refractivity contribution >= 4 is 13.4 Å². The van der Waals surface area contributed by atoms with Gasteiger partial charge in [0, 0.05) is 0 Å². The zero-order valence-corrected chi connectivity index (χ0v) is 14.4. The third-order valence-electron chi connectivity index (χ3n) is 5.94. The summed E-state index contributed by atoms with van der Waals surface area (Å²) in [6, 6.07) is 0. The van der Waals surface area contributed by atoms with Gasteiger partial charge in [-0.25, -0.2) is 0 Å². The Bertz CT molecular complexity index is 400. The Morgan fingerprint density at radius 1 is 1.18 bits per heavy atom. The molecule has 3 atom stereocenters. The minimum Gasteiger partial charge on any atom is -0.403 e. The van der Waals surface area contributed by atoms with E-state index < -0.39 is 5.54 Å². The summed E-state index contributed by atoms with van der Waals surface area (Å²) in [6.45, 7) is 8.75. The van der Waals surface area contributed by atoms with E-state index in [1.807, 2.05) is 0 Å². The number of carbonyl (C=O) groups is 1. The fraction of sp³-hybridized carbons (Fsp3) is 0.938. The molecule has 126 valence electrons. The van der Waals surface area contributed by atoms with E-state index in [1.165, 1.54) is 0 Å². The lowest BCUT2D eigenvalue weighted by Gasteiger charge is -2.40. The second kappa shape index (κ2) is 6.23. The van der Waals surface area contributed by atoms with Gasteiger partial charge in [0.1, 0.15) is 6.29 Å². The number of hydrogen-bond donors (Lipinski definition) is 2. The highest BCUT2D eigenvalue weighted by atomic mass is 16.7. The maximum Gasteiger partial charge on any atom is 0.457 e. The van der Waals surface area contributed by atoms with Crippen LogP contribution in [-0.4, -0.2) is 36.7 Å². The summed E-state index contributed by atoms with van der Waals surface area (Å²) in [5.41, 5.74) is 10.7. The van der Waals surface area contributed by atoms with Crippen LogP contribution in [0.4, 0.5) is 0 Å². The summed E-state index contributed by atoms with van der Waals surface area (Å²) in [7, 11) is -0.166. The average Bonchev–Trinajstić information content (AvgIpc) is 2.64. The van der Waals surface area contributed by atoms with Gasteiger partial charge in [-0.05, 0) is 71.7 Å². The van der Waals surface area contributed by atoms with Gasteiger partial charge in [0.15, 0.2) is 0 Å². The van der Waals surface area contributed by atoms with Gasteiger partial charge < -0.3 is 25.6 Å². The highest BCUT2D eigenvalue weighted by Gasteiger charge is 2.51. The van der Waals surface area contributed by atoms with Crippen LogP contribution < -0.4 is 11.5 Å². The van der Waals surface area contributed by atoms with Crippen LogP contribution in [0.5, 0.6) is 0 Å². The largest absolute Gasteiger partial charge is 0.457 e. The molecule has 0 aromatic heterocycles. The van der Waals surface area contributed by atoms with Gasteiger partial charge in [0.25, 0.3) is 0 Å². The fourth-order valence-corrected chi connectivity index (χ4v) is 3.66. The predicted molar refractivity (Wildman–Crippen MR) is 88.4 cm³/mol. The Morgan fingerprint density at radius 2 is 1.77 bits per heavy atom. The molecule has 4 N–H and O–H groups in total. The monoisotopic (exact) mass is 310 g/mol. The minimum atomic E-state index is -0.756. The predicted octanol–water partition coefficient (Wildman–Crippen LogP) is 1.74. The van der Waals surface area contributed by atoms with Crippen molar-refractivity contribution in [2.45, 2.75) is 76.4 Å². The maximum atomic E-state index is 11.4. The first-order valence-corrected chi connectivity index (χ1v) is 8.44. The van der Waals surface area contributed by atoms with Crippen LogP contribution in [0.15, 0.2) is 0 Å². The van der Waals surface area contributed by atoms with E-state index in [9.17, 15) is 4.79 Å². The van der Waals surface area contributed by atoms with Crippen LogP contribution >= 0.6 is 0 Å². The second-order valence-corrected chi connectivity index (χ2v) is 8.07. The Labute approximate surface area is 134 Å². The molecule has 0 spiro atoms. The lowest BCUT2D eigenvalue weighted by atomic mass is 9.66. The van der Waals surface area contributed by atoms with Crippen LogP contribution in [0, 0.1) is 11.8 Å². The van der Waals surface area contributed by atoms with E-state index in [2.05, 4.69) is 27.7 Å². The third kappa shape index (κ3) is 3.40. The van der Waals surface area contributed by atoms with Gasteiger partial charge in [0.05, 0.1) is 16.7 Å². The zero-order valence-electron chi connectivity index (χ0n) is 14.4. The van der Waals surface area contributed by atoms with Crippen molar-refractivity contribution in [3.8, 4) is 0 Å². The van der Waals surface area contributed by atoms with E-state index in [-0.39, 0.29) is 24.2 Å². The van der Waals surface area contributed by atoms with Gasteiger partial charge in [-0.1, -0.05) is 6.42 Å². The van der Waals surface area contributed by atoms with E-state index in [4.69, 9.17) is 20.8 Å². The molecule has 1 heterocycles. The summed E-state index contributed by atoms with van der Waals surface area (Å²) < 4.78 is 12.1. The van der Waals surface area contributed by atoms with Crippen molar-refractivity contribution in [2.24, 2.45) is 23.3 Å². The quantitative estimate of drug-likeness (QED) is 0.596. The fourth-order valence-electron chi connectivity index (χ4n) is 3.66. The Hall–Kier alpha value is -0.425. The number of nitrogens with two attached hydrogens (primary N) is 2. The molecule has 2 aliphatic rings. The highest BCUT2D eigenvalue weighted by molar-refractivity contribution is 6.45. The Kier molecular flexibility index (Phi) is 5.07. The molecule has 1 aliphatic heterocycles. The molecule has 1 saturated heterocycles. The smallest absolute Gasteiger partial charge is 0.403 e. The molecule has 1 saturated carbocycles. The summed E-state index contributed by atoms with van der Waals surface area (Å²) in [4.78, 5) is 11.4. The van der Waals surface area contributed by atoms with Crippen molar-refractivity contribution in [2.75, 3.05) is 6.54 Å². The first-order valence-electron chi connectivity index (χ1n) is 8.44. The molecular formula is C16H31BN2O3. The van der Waals surface area contributed by atoms with Crippen LogP contribution in [0.25, 0.3) is 0 Å². The number of hydrogen-bond acceptors (Lipinski definition) is 5. The molecule has 6 heteroatoms. The summed E-state index contributed by atoms with van der Waals surface area (Å²) in [5, 5.41) is 0. The molecule has 0 aromatic rings. The number of carbonyl (C=O) groups excluding carboxylic acids is 1. The molecule has 0 aromatic carbocycles. The topological polar surface area (TPSA) is 87.6 Å². The summed E-state index contributed by atoms with van der Waals surface area (Å²) >= 11 is 0.